The van der Waals surface area contributed by atoms with Gasteiger partial charge in [-0.05, 0) is 42.5 Å². The minimum absolute atomic E-state index is 0.102. The van der Waals surface area contributed by atoms with E-state index in [1.807, 2.05) is 30.3 Å². The number of carbonyl (C=O) groups is 3. The van der Waals surface area contributed by atoms with Crippen LogP contribution in [-0.2, 0) is 29.4 Å². The first kappa shape index (κ1) is 28.9. The molecular formula is C28H31Cl2NO6. The average molecular weight is 548 g/mol. The van der Waals surface area contributed by atoms with E-state index < -0.39 is 23.5 Å². The Hall–Kier alpha value is -2.71. The molecule has 0 heterocycles. The summed E-state index contributed by atoms with van der Waals surface area (Å²) in [6.07, 6.45) is 6.12. The van der Waals surface area contributed by atoms with Gasteiger partial charge in [-0.3, -0.25) is 9.59 Å². The van der Waals surface area contributed by atoms with E-state index in [1.165, 1.54) is 7.11 Å². The third-order valence-corrected chi connectivity index (χ3v) is 7.01. The summed E-state index contributed by atoms with van der Waals surface area (Å²) in [4.78, 5) is 36.9. The highest BCUT2D eigenvalue weighted by Crippen LogP contribution is 2.39. The van der Waals surface area contributed by atoms with Gasteiger partial charge in [-0.1, -0.05) is 65.7 Å². The van der Waals surface area contributed by atoms with Gasteiger partial charge in [-0.15, -0.1) is 0 Å². The number of amides is 1. The van der Waals surface area contributed by atoms with Crippen molar-refractivity contribution in [2.24, 2.45) is 0 Å². The SMILES string of the molecule is COCCOC1(c2ccc(/C=C/CC(NC(=O)c3c(Cl)cccc3Cl)C(=O)OC)cc2)CCC(=O)CC1. The number of ketones is 1. The first-order chi connectivity index (χ1) is 17.8. The molecule has 198 valence electrons. The molecule has 0 saturated heterocycles. The molecule has 1 atom stereocenters. The van der Waals surface area contributed by atoms with Crippen molar-refractivity contribution in [2.45, 2.75) is 43.7 Å². The predicted molar refractivity (Wildman–Crippen MR) is 143 cm³/mol. The molecule has 0 spiro atoms. The monoisotopic (exact) mass is 547 g/mol. The van der Waals surface area contributed by atoms with Crippen LogP contribution >= 0.6 is 23.2 Å². The van der Waals surface area contributed by atoms with E-state index in [-0.39, 0.29) is 27.8 Å². The number of nitrogens with one attached hydrogen (secondary N) is 1. The van der Waals surface area contributed by atoms with E-state index in [0.29, 0.717) is 38.9 Å². The standard InChI is InChI=1S/C28H31Cl2NO6/c1-35-17-18-37-28(15-13-21(32)14-16-28)20-11-9-19(10-12-20)5-3-8-24(27(34)36-2)31-26(33)25-22(29)6-4-7-23(25)30/h3-7,9-12,24H,8,13-18H2,1-2H3,(H,31,33)/b5-3+. The second-order valence-corrected chi connectivity index (χ2v) is 9.59. The van der Waals surface area contributed by atoms with Gasteiger partial charge in [0, 0.05) is 20.0 Å². The molecule has 1 aliphatic carbocycles. The molecule has 37 heavy (non-hydrogen) atoms. The number of benzene rings is 2. The molecule has 0 radical (unpaired) electrons. The first-order valence-corrected chi connectivity index (χ1v) is 12.8. The van der Waals surface area contributed by atoms with Crippen molar-refractivity contribution in [1.82, 2.24) is 5.32 Å². The van der Waals surface area contributed by atoms with Gasteiger partial charge in [0.15, 0.2) is 0 Å². The number of esters is 1. The summed E-state index contributed by atoms with van der Waals surface area (Å²) >= 11 is 12.2. The second kappa shape index (κ2) is 13.7. The number of rotatable bonds is 11. The van der Waals surface area contributed by atoms with Gasteiger partial charge in [0.25, 0.3) is 5.91 Å². The summed E-state index contributed by atoms with van der Waals surface area (Å²) in [5.74, 6) is -0.887. The Labute approximate surface area is 227 Å². The fraction of sp³-hybridized carbons (Fsp3) is 0.393. The minimum atomic E-state index is -0.919. The van der Waals surface area contributed by atoms with Gasteiger partial charge < -0.3 is 19.5 Å². The fourth-order valence-corrected chi connectivity index (χ4v) is 4.88. The molecule has 0 bridgehead atoms. The smallest absolute Gasteiger partial charge is 0.328 e. The molecule has 1 amide bonds. The van der Waals surface area contributed by atoms with Gasteiger partial charge in [0.2, 0.25) is 0 Å². The molecule has 7 nitrogen and oxygen atoms in total. The maximum Gasteiger partial charge on any atom is 0.328 e. The topological polar surface area (TPSA) is 90.9 Å². The third kappa shape index (κ3) is 7.65. The Morgan fingerprint density at radius 3 is 2.27 bits per heavy atom. The average Bonchev–Trinajstić information content (AvgIpc) is 2.89. The summed E-state index contributed by atoms with van der Waals surface area (Å²) in [5.41, 5.74) is 1.52. The highest BCUT2D eigenvalue weighted by molar-refractivity contribution is 6.39. The van der Waals surface area contributed by atoms with Gasteiger partial charge in [-0.25, -0.2) is 4.79 Å². The lowest BCUT2D eigenvalue weighted by Gasteiger charge is -2.37. The van der Waals surface area contributed by atoms with Crippen molar-refractivity contribution >= 4 is 46.9 Å². The fourth-order valence-electron chi connectivity index (χ4n) is 4.31. The first-order valence-electron chi connectivity index (χ1n) is 12.0. The summed E-state index contributed by atoms with van der Waals surface area (Å²) in [6, 6.07) is 11.7. The van der Waals surface area contributed by atoms with Crippen LogP contribution in [0.2, 0.25) is 10.0 Å². The number of ether oxygens (including phenoxy) is 3. The van der Waals surface area contributed by atoms with Crippen molar-refractivity contribution in [1.29, 1.82) is 0 Å². The molecule has 2 aromatic carbocycles. The van der Waals surface area contributed by atoms with Crippen LogP contribution in [0, 0.1) is 0 Å². The van der Waals surface area contributed by atoms with Crippen molar-refractivity contribution < 1.29 is 28.6 Å². The molecule has 3 rings (SSSR count). The summed E-state index contributed by atoms with van der Waals surface area (Å²) in [5, 5.41) is 3.03. The Balaban J connectivity index is 1.69. The number of carbonyl (C=O) groups excluding carboxylic acids is 3. The van der Waals surface area contributed by atoms with Crippen molar-refractivity contribution in [2.75, 3.05) is 27.4 Å². The van der Waals surface area contributed by atoms with Crippen LogP contribution in [0.1, 0.15) is 53.6 Å². The summed E-state index contributed by atoms with van der Waals surface area (Å²) in [6.45, 7) is 0.934. The Morgan fingerprint density at radius 1 is 1.03 bits per heavy atom. The maximum absolute atomic E-state index is 12.7. The van der Waals surface area contributed by atoms with Crippen LogP contribution < -0.4 is 5.32 Å². The summed E-state index contributed by atoms with van der Waals surface area (Å²) < 4.78 is 16.2. The van der Waals surface area contributed by atoms with Gasteiger partial charge in [0.1, 0.15) is 11.8 Å². The molecule has 1 fully saturated rings. The second-order valence-electron chi connectivity index (χ2n) is 8.78. The molecule has 2 aromatic rings. The largest absolute Gasteiger partial charge is 0.467 e. The molecule has 1 N–H and O–H groups in total. The van der Waals surface area contributed by atoms with Crippen LogP contribution in [0.25, 0.3) is 6.08 Å². The molecule has 0 aromatic heterocycles. The van der Waals surface area contributed by atoms with Crippen LogP contribution in [0.4, 0.5) is 0 Å². The zero-order valence-electron chi connectivity index (χ0n) is 20.9. The lowest BCUT2D eigenvalue weighted by atomic mass is 9.78. The Bertz CT molecular complexity index is 1100. The van der Waals surface area contributed by atoms with E-state index in [4.69, 9.17) is 37.4 Å². The Kier molecular flexibility index (Phi) is 10.7. The zero-order chi connectivity index (χ0) is 26.8. The highest BCUT2D eigenvalue weighted by atomic mass is 35.5. The number of Topliss-reactive ketones (excluding diaryl/α,β-unsaturated/α-hetero) is 1. The van der Waals surface area contributed by atoms with E-state index >= 15 is 0 Å². The molecule has 1 unspecified atom stereocenters. The normalized spacial score (nSPS) is 15.9. The van der Waals surface area contributed by atoms with E-state index in [9.17, 15) is 14.4 Å². The lowest BCUT2D eigenvalue weighted by Crippen LogP contribution is -2.41. The van der Waals surface area contributed by atoms with Gasteiger partial charge in [-0.2, -0.15) is 0 Å². The van der Waals surface area contributed by atoms with Crippen molar-refractivity contribution in [3.63, 3.8) is 0 Å². The van der Waals surface area contributed by atoms with Crippen molar-refractivity contribution in [3.8, 4) is 0 Å². The lowest BCUT2D eigenvalue weighted by molar-refractivity contribution is -0.142. The van der Waals surface area contributed by atoms with Crippen LogP contribution in [0.5, 0.6) is 0 Å². The van der Waals surface area contributed by atoms with E-state index in [2.05, 4.69) is 5.32 Å². The van der Waals surface area contributed by atoms with Gasteiger partial charge in [0.05, 0.1) is 41.5 Å². The number of halogens is 2. The van der Waals surface area contributed by atoms with E-state index in [1.54, 1.807) is 31.4 Å². The third-order valence-electron chi connectivity index (χ3n) is 6.38. The number of methoxy groups -OCH3 is 2. The maximum atomic E-state index is 12.7. The van der Waals surface area contributed by atoms with E-state index in [0.717, 1.165) is 11.1 Å². The van der Waals surface area contributed by atoms with Crippen LogP contribution in [-0.4, -0.2) is 51.1 Å². The number of hydrogen-bond acceptors (Lipinski definition) is 6. The molecule has 1 saturated carbocycles. The van der Waals surface area contributed by atoms with Crippen LogP contribution in [0.3, 0.4) is 0 Å². The van der Waals surface area contributed by atoms with Crippen molar-refractivity contribution in [3.05, 3.63) is 75.3 Å². The predicted octanol–water partition coefficient (Wildman–Crippen LogP) is 5.37. The molecule has 0 aliphatic heterocycles. The molecular weight excluding hydrogens is 517 g/mol. The molecule has 9 heteroatoms. The minimum Gasteiger partial charge on any atom is -0.467 e. The molecule has 1 aliphatic rings. The summed E-state index contributed by atoms with van der Waals surface area (Å²) in [7, 11) is 2.89. The zero-order valence-corrected chi connectivity index (χ0v) is 22.4. The number of hydrogen-bond donors (Lipinski definition) is 1. The quantitative estimate of drug-likeness (QED) is 0.300. The van der Waals surface area contributed by atoms with Crippen LogP contribution in [0.15, 0.2) is 48.5 Å². The Morgan fingerprint density at radius 2 is 1.68 bits per heavy atom. The highest BCUT2D eigenvalue weighted by Gasteiger charge is 2.37. The van der Waals surface area contributed by atoms with Gasteiger partial charge >= 0.3 is 5.97 Å².